The van der Waals surface area contributed by atoms with E-state index in [2.05, 4.69) is 267 Å². The molecule has 12 aromatic rings. The normalized spacial score (nSPS) is 13.1. The minimum absolute atomic E-state index is 0.467. The molecule has 12 aromatic carbocycles. The number of benzene rings is 12. The highest BCUT2D eigenvalue weighted by Crippen LogP contribution is 2.59. The molecule has 0 unspecified atom stereocenters. The average Bonchev–Trinajstić information content (AvgIpc) is 4.10. The zero-order valence-electron chi connectivity index (χ0n) is 46.6. The Bertz CT molecular complexity index is 4170. The molecule has 0 amide bonds. The molecule has 0 N–H and O–H groups in total. The summed E-state index contributed by atoms with van der Waals surface area (Å²) < 4.78 is 0. The van der Waals surface area contributed by atoms with Gasteiger partial charge < -0.3 is 4.90 Å². The Morgan fingerprint density at radius 3 is 1.56 bits per heavy atom. The van der Waals surface area contributed by atoms with Gasteiger partial charge in [-0.15, -0.1) is 0 Å². The number of fused-ring (bicyclic) bond motifs is 9. The first-order valence-corrected chi connectivity index (χ1v) is 30.6. The lowest BCUT2D eigenvalue weighted by molar-refractivity contribution is 0.666. The first-order valence-electron chi connectivity index (χ1n) is 29.8. The van der Waals surface area contributed by atoms with Gasteiger partial charge in [0.25, 0.3) is 0 Å². The van der Waals surface area contributed by atoms with Crippen LogP contribution in [0.15, 0.2) is 259 Å². The third-order valence-electron chi connectivity index (χ3n) is 17.7. The molecule has 2 heteroatoms. The number of rotatable bonds is 16. The standard InChI is InChI=1S/C79H67NS/c1-3-5-7-10-23-54-37-44-61(45-38-54)79(62-46-39-55(40-47-62)24-11-8-6-4-2)71-36-21-20-31-65(71)70-52-58(41-48-72(70)79)59-43-50-75-74(53-59)80(73-49-42-56-25-14-15-30-64(56)78(73)81-75)63-29-22-28-60(51-63)77-68-34-18-16-32-66(68)76(57-26-12-9-13-27-57)67-33-17-19-35-69(67)77/h9,12-22,25-53H,3-8,10-11,23-24H2,1-2H3. The van der Waals surface area contributed by atoms with E-state index in [1.807, 2.05) is 11.8 Å². The molecule has 0 spiro atoms. The van der Waals surface area contributed by atoms with Crippen LogP contribution in [0.1, 0.15) is 98.6 Å². The average molecular weight is 1060 g/mol. The molecule has 0 saturated carbocycles. The summed E-state index contributed by atoms with van der Waals surface area (Å²) in [6, 6.07) is 95.0. The van der Waals surface area contributed by atoms with E-state index in [0.717, 1.165) is 18.5 Å². The van der Waals surface area contributed by atoms with Gasteiger partial charge in [0.1, 0.15) is 0 Å². The van der Waals surface area contributed by atoms with Gasteiger partial charge in [-0.2, -0.15) is 0 Å². The molecule has 0 bridgehead atoms. The predicted molar refractivity (Wildman–Crippen MR) is 347 cm³/mol. The molecule has 0 saturated heterocycles. The number of nitrogens with zero attached hydrogens (tertiary/aromatic N) is 1. The predicted octanol–water partition coefficient (Wildman–Crippen LogP) is 22.7. The van der Waals surface area contributed by atoms with Gasteiger partial charge in [0, 0.05) is 15.5 Å². The zero-order valence-corrected chi connectivity index (χ0v) is 47.4. The van der Waals surface area contributed by atoms with Crippen LogP contribution in [0.5, 0.6) is 0 Å². The lowest BCUT2D eigenvalue weighted by Crippen LogP contribution is -2.28. The molecule has 1 nitrogen and oxygen atoms in total. The van der Waals surface area contributed by atoms with Gasteiger partial charge in [-0.3, -0.25) is 0 Å². The Kier molecular flexibility index (Phi) is 13.7. The molecule has 14 rings (SSSR count). The molecule has 2 aliphatic rings. The van der Waals surface area contributed by atoms with E-state index < -0.39 is 5.41 Å². The molecule has 0 fully saturated rings. The number of anilines is 3. The lowest BCUT2D eigenvalue weighted by atomic mass is 9.67. The lowest BCUT2D eigenvalue weighted by Gasteiger charge is -2.34. The van der Waals surface area contributed by atoms with Crippen molar-refractivity contribution in [2.24, 2.45) is 0 Å². The fraction of sp³-hybridized carbons (Fsp3) is 0.165. The van der Waals surface area contributed by atoms with Gasteiger partial charge in [-0.05, 0) is 172 Å². The van der Waals surface area contributed by atoms with E-state index in [0.29, 0.717) is 0 Å². The highest BCUT2D eigenvalue weighted by Gasteiger charge is 2.46. The largest absolute Gasteiger partial charge is 0.308 e. The molecule has 0 aromatic heterocycles. The summed E-state index contributed by atoms with van der Waals surface area (Å²) in [5.74, 6) is 0. The minimum Gasteiger partial charge on any atom is -0.308 e. The second kappa shape index (κ2) is 21.9. The third kappa shape index (κ3) is 8.96. The monoisotopic (exact) mass is 1060 g/mol. The van der Waals surface area contributed by atoms with Crippen LogP contribution in [0.25, 0.3) is 76.8 Å². The van der Waals surface area contributed by atoms with Crippen molar-refractivity contribution < 1.29 is 0 Å². The van der Waals surface area contributed by atoms with Crippen molar-refractivity contribution in [3.63, 3.8) is 0 Å². The zero-order chi connectivity index (χ0) is 54.3. The van der Waals surface area contributed by atoms with Gasteiger partial charge >= 0.3 is 0 Å². The summed E-state index contributed by atoms with van der Waals surface area (Å²) in [4.78, 5) is 5.06. The third-order valence-corrected chi connectivity index (χ3v) is 18.9. The Morgan fingerprint density at radius 1 is 0.358 bits per heavy atom. The van der Waals surface area contributed by atoms with Crippen molar-refractivity contribution in [2.75, 3.05) is 4.90 Å². The molecule has 1 aliphatic carbocycles. The maximum Gasteiger partial charge on any atom is 0.0713 e. The summed E-state index contributed by atoms with van der Waals surface area (Å²) in [6.45, 7) is 4.59. The Balaban J connectivity index is 0.909. The van der Waals surface area contributed by atoms with E-state index in [9.17, 15) is 0 Å². The quantitative estimate of drug-likeness (QED) is 0.0701. The number of hydrogen-bond acceptors (Lipinski definition) is 2. The minimum atomic E-state index is -0.467. The van der Waals surface area contributed by atoms with Crippen LogP contribution in [0, 0.1) is 0 Å². The van der Waals surface area contributed by atoms with Gasteiger partial charge in [0.05, 0.1) is 16.8 Å². The van der Waals surface area contributed by atoms with Crippen LogP contribution in [0.4, 0.5) is 17.1 Å². The number of hydrogen-bond donors (Lipinski definition) is 0. The van der Waals surface area contributed by atoms with E-state index in [1.54, 1.807) is 0 Å². The maximum absolute atomic E-state index is 2.54. The summed E-state index contributed by atoms with van der Waals surface area (Å²) in [5, 5.41) is 7.55. The smallest absolute Gasteiger partial charge is 0.0713 e. The van der Waals surface area contributed by atoms with Crippen LogP contribution < -0.4 is 4.90 Å². The summed E-state index contributed by atoms with van der Waals surface area (Å²) in [5.41, 5.74) is 21.3. The van der Waals surface area contributed by atoms with Crippen molar-refractivity contribution in [1.82, 2.24) is 0 Å². The molecule has 0 atom stereocenters. The fourth-order valence-corrected chi connectivity index (χ4v) is 14.9. The second-order valence-corrected chi connectivity index (χ2v) is 23.6. The second-order valence-electron chi connectivity index (χ2n) is 22.6. The van der Waals surface area contributed by atoms with Crippen LogP contribution in [-0.4, -0.2) is 0 Å². The Morgan fingerprint density at radius 2 is 0.901 bits per heavy atom. The van der Waals surface area contributed by atoms with Crippen LogP contribution in [0.2, 0.25) is 0 Å². The van der Waals surface area contributed by atoms with Gasteiger partial charge in [-0.25, -0.2) is 0 Å². The van der Waals surface area contributed by atoms with Crippen LogP contribution in [0.3, 0.4) is 0 Å². The summed E-state index contributed by atoms with van der Waals surface area (Å²) in [7, 11) is 0. The molecule has 1 aliphatic heterocycles. The van der Waals surface area contributed by atoms with Crippen molar-refractivity contribution in [2.45, 2.75) is 93.3 Å². The Labute approximate surface area is 483 Å². The first kappa shape index (κ1) is 50.8. The van der Waals surface area contributed by atoms with E-state index in [-0.39, 0.29) is 0 Å². The van der Waals surface area contributed by atoms with Crippen LogP contribution in [-0.2, 0) is 18.3 Å². The SMILES string of the molecule is CCCCCCc1ccc(C2(c3ccc(CCCCCC)cc3)c3ccccc3-c3cc(-c4ccc5c(c4)N(c4cccc(-c6c7ccccc7c(-c7ccccc7)c7ccccc67)c4)c4ccc6ccccc6c4S5)ccc32)cc1. The fourth-order valence-electron chi connectivity index (χ4n) is 13.8. The van der Waals surface area contributed by atoms with Gasteiger partial charge in [-0.1, -0.05) is 276 Å². The highest BCUT2D eigenvalue weighted by atomic mass is 32.2. The molecule has 81 heavy (non-hydrogen) atoms. The van der Waals surface area contributed by atoms with Crippen molar-refractivity contribution in [3.8, 4) is 44.5 Å². The van der Waals surface area contributed by atoms with Crippen molar-refractivity contribution >= 4 is 61.1 Å². The topological polar surface area (TPSA) is 3.24 Å². The van der Waals surface area contributed by atoms with E-state index >= 15 is 0 Å². The summed E-state index contributed by atoms with van der Waals surface area (Å²) in [6.07, 6.45) is 12.4. The molecular formula is C79H67NS. The molecule has 1 heterocycles. The number of unbranched alkanes of at least 4 members (excludes halogenated alkanes) is 6. The molecular weight excluding hydrogens is 995 g/mol. The van der Waals surface area contributed by atoms with Crippen LogP contribution >= 0.6 is 11.8 Å². The molecule has 394 valence electrons. The molecule has 0 radical (unpaired) electrons. The van der Waals surface area contributed by atoms with Gasteiger partial charge in [0.2, 0.25) is 0 Å². The van der Waals surface area contributed by atoms with E-state index in [4.69, 9.17) is 0 Å². The first-order chi connectivity index (χ1) is 40.1. The van der Waals surface area contributed by atoms with Gasteiger partial charge in [0.15, 0.2) is 0 Å². The van der Waals surface area contributed by atoms with Crippen molar-refractivity contribution in [3.05, 3.63) is 282 Å². The highest BCUT2D eigenvalue weighted by molar-refractivity contribution is 8.00. The maximum atomic E-state index is 2.54. The Hall–Kier alpha value is -8.43. The number of aryl methyl sites for hydroxylation is 2. The van der Waals surface area contributed by atoms with E-state index in [1.165, 1.54) is 183 Å². The summed E-state index contributed by atoms with van der Waals surface area (Å²) >= 11 is 1.90. The van der Waals surface area contributed by atoms with Crippen molar-refractivity contribution in [1.29, 1.82) is 0 Å².